The Balaban J connectivity index is 4.69. The molecule has 0 saturated heterocycles. The van der Waals surface area contributed by atoms with Crippen LogP contribution in [0.2, 0.25) is 0 Å². The van der Waals surface area contributed by atoms with Crippen LogP contribution < -0.4 is 0 Å². The molecule has 0 fully saturated rings. The molecule has 0 unspecified atom stereocenters. The molecule has 0 bridgehead atoms. The highest BCUT2D eigenvalue weighted by Gasteiger charge is 2.49. The zero-order chi connectivity index (χ0) is 10.9. The van der Waals surface area contributed by atoms with E-state index in [0.717, 1.165) is 0 Å². The normalized spacial score (nSPS) is 12.9. The number of rotatable bonds is 2. The van der Waals surface area contributed by atoms with Gasteiger partial charge in [-0.3, -0.25) is 0 Å². The van der Waals surface area contributed by atoms with Gasteiger partial charge in [-0.15, -0.1) is 0 Å². The molecule has 0 aliphatic carbocycles. The van der Waals surface area contributed by atoms with E-state index in [9.17, 15) is 35.1 Å². The van der Waals surface area contributed by atoms with Gasteiger partial charge in [0, 0.05) is 0 Å². The van der Waals surface area contributed by atoms with E-state index in [0.29, 0.717) is 0 Å². The molecule has 8 heteroatoms. The van der Waals surface area contributed by atoms with Gasteiger partial charge in [-0.2, -0.15) is 35.1 Å². The highest BCUT2D eigenvalue weighted by molar-refractivity contribution is 5.05. The van der Waals surface area contributed by atoms with Crippen LogP contribution in [0.3, 0.4) is 0 Å². The minimum Gasteiger partial charge on any atom is -0.199 e. The highest BCUT2D eigenvalue weighted by Crippen LogP contribution is 2.38. The number of allylic oxidation sites excluding steroid dienone is 1. The molecule has 0 saturated carbocycles. The molecule has 0 heterocycles. The van der Waals surface area contributed by atoms with Crippen molar-refractivity contribution in [3.8, 4) is 0 Å². The first-order valence-corrected chi connectivity index (χ1v) is 2.72. The molecule has 0 amide bonds. The molecule has 0 aromatic rings. The number of alkyl halides is 5. The van der Waals surface area contributed by atoms with Crippen molar-refractivity contribution in [1.29, 1.82) is 0 Å². The van der Waals surface area contributed by atoms with Crippen molar-refractivity contribution >= 4 is 0 Å². The molecule has 0 aliphatic rings. The van der Waals surface area contributed by atoms with Crippen LogP contribution in [0.25, 0.3) is 0 Å². The first-order valence-electron chi connectivity index (χ1n) is 2.72. The minimum absolute atomic E-state index is 2.94. The predicted molar refractivity (Wildman–Crippen MR) is 26.0 cm³/mol. The third-order valence-corrected chi connectivity index (χ3v) is 0.910. The summed E-state index contributed by atoms with van der Waals surface area (Å²) in [4.78, 5) is 0. The lowest BCUT2D eigenvalue weighted by Crippen LogP contribution is -2.26. The van der Waals surface area contributed by atoms with Crippen LogP contribution in [0.5, 0.6) is 0 Å². The van der Waals surface area contributed by atoms with Gasteiger partial charge < -0.3 is 0 Å². The van der Waals surface area contributed by atoms with Crippen molar-refractivity contribution in [2.75, 3.05) is 0 Å². The number of halogens is 8. The zero-order valence-corrected chi connectivity index (χ0v) is 5.73. The molecular weight excluding hydrogens is 212 g/mol. The Kier molecular flexibility index (Phi) is 3.28. The average Bonchev–Trinajstić information content (AvgIpc) is 1.80. The van der Waals surface area contributed by atoms with Crippen molar-refractivity contribution in [3.63, 3.8) is 0 Å². The Morgan fingerprint density at radius 2 is 1.23 bits per heavy atom. The zero-order valence-electron chi connectivity index (χ0n) is 5.73. The third kappa shape index (κ3) is 4.09. The van der Waals surface area contributed by atoms with Crippen LogP contribution in [0.15, 0.2) is 11.9 Å². The van der Waals surface area contributed by atoms with Gasteiger partial charge in [-0.1, -0.05) is 0 Å². The van der Waals surface area contributed by atoms with Crippen molar-refractivity contribution in [1.82, 2.24) is 0 Å². The van der Waals surface area contributed by atoms with Gasteiger partial charge in [0.1, 0.15) is 6.42 Å². The molecule has 0 N–H and O–H groups in total. The summed E-state index contributed by atoms with van der Waals surface area (Å²) in [6.45, 7) is 0. The Hall–Kier alpha value is -0.820. The maximum Gasteiger partial charge on any atom is 0.395 e. The van der Waals surface area contributed by atoms with Crippen molar-refractivity contribution < 1.29 is 35.1 Å². The summed E-state index contributed by atoms with van der Waals surface area (Å²) >= 11 is 0. The molecule has 0 aromatic heterocycles. The minimum atomic E-state index is -5.41. The van der Waals surface area contributed by atoms with Crippen LogP contribution in [0, 0.1) is 0 Å². The second kappa shape index (κ2) is 3.51. The van der Waals surface area contributed by atoms with Crippen LogP contribution in [0.4, 0.5) is 35.1 Å². The Labute approximate surface area is 66.8 Å². The van der Waals surface area contributed by atoms with Gasteiger partial charge >= 0.3 is 18.2 Å². The molecule has 0 aliphatic heterocycles. The van der Waals surface area contributed by atoms with Gasteiger partial charge in [0.05, 0.1) is 0 Å². The van der Waals surface area contributed by atoms with E-state index < -0.39 is 30.4 Å². The second-order valence-corrected chi connectivity index (χ2v) is 2.07. The summed E-state index contributed by atoms with van der Waals surface area (Å²) in [7, 11) is 0. The molecule has 0 aromatic carbocycles. The lowest BCUT2D eigenvalue weighted by Gasteiger charge is -2.15. The largest absolute Gasteiger partial charge is 0.395 e. The van der Waals surface area contributed by atoms with Crippen LogP contribution in [-0.4, -0.2) is 12.1 Å². The molecule has 0 atom stereocenters. The molecule has 0 spiro atoms. The number of hydrogen-bond acceptors (Lipinski definition) is 0. The van der Waals surface area contributed by atoms with Gasteiger partial charge in [0.15, 0.2) is 0 Å². The Morgan fingerprint density at radius 3 is 1.46 bits per heavy atom. The first kappa shape index (κ1) is 12.2. The van der Waals surface area contributed by atoms with Gasteiger partial charge in [0.25, 0.3) is 0 Å². The van der Waals surface area contributed by atoms with Crippen LogP contribution in [-0.2, 0) is 0 Å². The second-order valence-electron chi connectivity index (χ2n) is 2.07. The number of hydrogen-bond donors (Lipinski definition) is 0. The van der Waals surface area contributed by atoms with Crippen molar-refractivity contribution in [2.24, 2.45) is 0 Å². The lowest BCUT2D eigenvalue weighted by molar-refractivity contribution is -0.182. The smallest absolute Gasteiger partial charge is 0.199 e. The third-order valence-electron chi connectivity index (χ3n) is 0.910. The fraction of sp³-hybridized carbons (Fsp3) is 0.600. The van der Waals surface area contributed by atoms with E-state index in [1.165, 1.54) is 0 Å². The maximum absolute atomic E-state index is 11.9. The predicted octanol–water partition coefficient (Wildman–Crippen LogP) is 3.65. The van der Waals surface area contributed by atoms with Gasteiger partial charge in [0.2, 0.25) is 5.83 Å². The van der Waals surface area contributed by atoms with E-state index in [2.05, 4.69) is 0 Å². The lowest BCUT2D eigenvalue weighted by atomic mass is 10.2. The summed E-state index contributed by atoms with van der Waals surface area (Å²) < 4.78 is 91.7. The van der Waals surface area contributed by atoms with Gasteiger partial charge in [-0.25, -0.2) is 0 Å². The average molecular weight is 214 g/mol. The molecule has 0 rings (SSSR count). The highest BCUT2D eigenvalue weighted by atomic mass is 19.4. The van der Waals surface area contributed by atoms with Crippen LogP contribution >= 0.6 is 0 Å². The summed E-state index contributed by atoms with van der Waals surface area (Å²) in [6, 6.07) is 0. The molecule has 78 valence electrons. The topological polar surface area (TPSA) is 0 Å². The molecular formula is C5H2F8. The van der Waals surface area contributed by atoms with Crippen molar-refractivity contribution in [3.05, 3.63) is 11.9 Å². The molecule has 13 heavy (non-hydrogen) atoms. The standard InChI is InChI=1S/C5H2F8/c6-2(3(7)8)4(9,10)1-5(11,12)13/h1H2. The fourth-order valence-corrected chi connectivity index (χ4v) is 0.468. The molecule has 0 radical (unpaired) electrons. The summed E-state index contributed by atoms with van der Waals surface area (Å²) in [5, 5.41) is 0. The van der Waals surface area contributed by atoms with Gasteiger partial charge in [-0.05, 0) is 0 Å². The summed E-state index contributed by atoms with van der Waals surface area (Å²) in [5.74, 6) is -8.54. The maximum atomic E-state index is 11.9. The van der Waals surface area contributed by atoms with E-state index in [1.807, 2.05) is 0 Å². The van der Waals surface area contributed by atoms with E-state index >= 15 is 0 Å². The van der Waals surface area contributed by atoms with E-state index in [1.54, 1.807) is 0 Å². The monoisotopic (exact) mass is 214 g/mol. The Bertz CT molecular complexity index is 207. The molecule has 0 nitrogen and oxygen atoms in total. The quantitative estimate of drug-likeness (QED) is 0.615. The summed E-state index contributed by atoms with van der Waals surface area (Å²) in [6.07, 6.45) is -11.8. The first-order chi connectivity index (χ1) is 5.56. The fourth-order valence-electron chi connectivity index (χ4n) is 0.468. The summed E-state index contributed by atoms with van der Waals surface area (Å²) in [5.41, 5.74) is 0. The van der Waals surface area contributed by atoms with E-state index in [4.69, 9.17) is 0 Å². The van der Waals surface area contributed by atoms with Crippen molar-refractivity contribution in [2.45, 2.75) is 18.5 Å². The van der Waals surface area contributed by atoms with E-state index in [-0.39, 0.29) is 0 Å². The van der Waals surface area contributed by atoms with Crippen LogP contribution in [0.1, 0.15) is 6.42 Å². The Morgan fingerprint density at radius 1 is 0.846 bits per heavy atom. The SMILES string of the molecule is FC(F)=C(F)C(F)(F)CC(F)(F)F.